The summed E-state index contributed by atoms with van der Waals surface area (Å²) in [4.78, 5) is 29.6. The van der Waals surface area contributed by atoms with Crippen LogP contribution in [0.3, 0.4) is 0 Å². The van der Waals surface area contributed by atoms with Crippen LogP contribution >= 0.6 is 0 Å². The predicted molar refractivity (Wildman–Crippen MR) is 143 cm³/mol. The van der Waals surface area contributed by atoms with Gasteiger partial charge in [0.2, 0.25) is 5.91 Å². The number of rotatable bonds is 10. The number of amides is 2. The molecule has 0 bridgehead atoms. The van der Waals surface area contributed by atoms with Gasteiger partial charge in [-0.05, 0) is 49.5 Å². The third-order valence-corrected chi connectivity index (χ3v) is 7.23. The second kappa shape index (κ2) is 12.1. The van der Waals surface area contributed by atoms with Crippen LogP contribution in [0.2, 0.25) is 0 Å². The molecule has 1 aromatic heterocycles. The second-order valence-corrected chi connectivity index (χ2v) is 10.3. The number of nitriles is 1. The summed E-state index contributed by atoms with van der Waals surface area (Å²) in [5.41, 5.74) is 11.4. The van der Waals surface area contributed by atoms with Crippen molar-refractivity contribution >= 4 is 29.5 Å². The van der Waals surface area contributed by atoms with Gasteiger partial charge in [-0.3, -0.25) is 24.2 Å². The van der Waals surface area contributed by atoms with Gasteiger partial charge in [0.1, 0.15) is 17.9 Å². The van der Waals surface area contributed by atoms with Crippen molar-refractivity contribution in [1.82, 2.24) is 14.7 Å². The first kappa shape index (κ1) is 29.7. The molecule has 218 valence electrons. The molecule has 5 N–H and O–H groups in total. The lowest BCUT2D eigenvalue weighted by atomic mass is 9.84. The Morgan fingerprint density at radius 1 is 1.22 bits per heavy atom. The Hall–Kier alpha value is -4.25. The van der Waals surface area contributed by atoms with Gasteiger partial charge in [0.25, 0.3) is 5.91 Å². The van der Waals surface area contributed by atoms with Crippen molar-refractivity contribution < 1.29 is 27.2 Å². The van der Waals surface area contributed by atoms with E-state index in [2.05, 4.69) is 26.4 Å². The zero-order valence-electron chi connectivity index (χ0n) is 22.1. The number of halogens is 4. The van der Waals surface area contributed by atoms with Crippen molar-refractivity contribution in [2.24, 2.45) is 22.4 Å². The maximum atomic E-state index is 14.8. The zero-order valence-corrected chi connectivity index (χ0v) is 22.1. The fourth-order valence-corrected chi connectivity index (χ4v) is 4.74. The van der Waals surface area contributed by atoms with E-state index in [0.717, 1.165) is 25.1 Å². The zero-order chi connectivity index (χ0) is 29.8. The van der Waals surface area contributed by atoms with Gasteiger partial charge in [-0.15, -0.1) is 0 Å². The number of carbonyl (C=O) groups is 2. The quantitative estimate of drug-likeness (QED) is 0.292. The van der Waals surface area contributed by atoms with Gasteiger partial charge in [-0.2, -0.15) is 23.5 Å². The Labute approximate surface area is 233 Å². The molecular weight excluding hydrogens is 544 g/mol. The third kappa shape index (κ3) is 7.49. The number of carbonyl (C=O) groups excluding carboxylic acids is 2. The summed E-state index contributed by atoms with van der Waals surface area (Å²) in [7, 11) is 0. The van der Waals surface area contributed by atoms with Crippen molar-refractivity contribution in [2.45, 2.75) is 50.4 Å². The summed E-state index contributed by atoms with van der Waals surface area (Å²) in [5.74, 6) is -1.58. The molecular formula is C27H30F4N8O2. The number of anilines is 1. The molecule has 14 heteroatoms. The topological polar surface area (TPSA) is 155 Å². The Balaban J connectivity index is 1.42. The van der Waals surface area contributed by atoms with E-state index in [4.69, 9.17) is 11.5 Å². The largest absolute Gasteiger partial charge is 0.407 e. The summed E-state index contributed by atoms with van der Waals surface area (Å²) >= 11 is 0. The summed E-state index contributed by atoms with van der Waals surface area (Å²) in [6.07, 6.45) is 1.75. The minimum Gasteiger partial charge on any atom is -0.398 e. The van der Waals surface area contributed by atoms with Gasteiger partial charge >= 0.3 is 6.18 Å². The maximum Gasteiger partial charge on any atom is 0.407 e. The average molecular weight is 575 g/mol. The fourth-order valence-electron chi connectivity index (χ4n) is 4.74. The van der Waals surface area contributed by atoms with Crippen LogP contribution in [0.15, 0.2) is 35.5 Å². The fraction of sp³-hybridized carbons (Fsp3) is 0.444. The monoisotopic (exact) mass is 574 g/mol. The minimum absolute atomic E-state index is 0.0485. The molecule has 2 heterocycles. The van der Waals surface area contributed by atoms with Gasteiger partial charge in [-0.25, -0.2) is 4.39 Å². The Morgan fingerprint density at radius 3 is 2.51 bits per heavy atom. The van der Waals surface area contributed by atoms with E-state index in [1.54, 1.807) is 10.7 Å². The summed E-state index contributed by atoms with van der Waals surface area (Å²) in [6.45, 7) is 0.135. The Bertz CT molecular complexity index is 1400. The summed E-state index contributed by atoms with van der Waals surface area (Å²) < 4.78 is 53.0. The highest BCUT2D eigenvalue weighted by atomic mass is 19.4. The first-order valence-electron chi connectivity index (χ1n) is 13.0. The molecule has 2 aromatic rings. The highest BCUT2D eigenvalue weighted by Gasteiger charge is 2.39. The molecule has 1 aliphatic carbocycles. The number of hydrogen-bond acceptors (Lipinski definition) is 7. The standard InChI is InChI=1S/C27H30F4N8O2/c28-21-13-17(1-4-19(21)22(33)5-10-35-16-27(29,30)31)14-38-11-7-26(6-9-32,8-12-38)39-15-20(23(34)40)24(37-39)36-25(41)18-2-3-18/h1,4-5,10,13,15,18H,2-3,6-8,11-12,14,16,33H2,(H2,34,40)(H,36,37,41). The Morgan fingerprint density at radius 2 is 1.93 bits per heavy atom. The molecule has 1 saturated carbocycles. The van der Waals surface area contributed by atoms with Crippen LogP contribution in [0, 0.1) is 23.1 Å². The Kier molecular flexibility index (Phi) is 8.77. The van der Waals surface area contributed by atoms with Crippen LogP contribution in [0.5, 0.6) is 0 Å². The molecule has 0 unspecified atom stereocenters. The molecule has 2 fully saturated rings. The number of likely N-dealkylation sites (tertiary alicyclic amines) is 1. The molecule has 2 aliphatic rings. The van der Waals surface area contributed by atoms with E-state index in [-0.39, 0.29) is 40.9 Å². The van der Waals surface area contributed by atoms with Gasteiger partial charge in [0.05, 0.1) is 18.0 Å². The number of hydrogen-bond donors (Lipinski definition) is 3. The molecule has 1 aliphatic heterocycles. The van der Waals surface area contributed by atoms with Crippen LogP contribution in [-0.4, -0.2) is 58.5 Å². The van der Waals surface area contributed by atoms with Crippen LogP contribution in [0.4, 0.5) is 23.4 Å². The maximum absolute atomic E-state index is 14.8. The molecule has 0 radical (unpaired) electrons. The average Bonchev–Trinajstić information content (AvgIpc) is 3.67. The number of alkyl halides is 3. The first-order chi connectivity index (χ1) is 19.4. The number of benzene rings is 1. The normalized spacial score (nSPS) is 17.9. The number of aromatic nitrogens is 2. The number of primary amides is 1. The van der Waals surface area contributed by atoms with E-state index in [9.17, 15) is 32.4 Å². The second-order valence-electron chi connectivity index (χ2n) is 10.3. The van der Waals surface area contributed by atoms with E-state index in [1.165, 1.54) is 18.3 Å². The molecule has 41 heavy (non-hydrogen) atoms. The highest BCUT2D eigenvalue weighted by Crippen LogP contribution is 2.36. The lowest BCUT2D eigenvalue weighted by Crippen LogP contribution is -2.46. The van der Waals surface area contributed by atoms with Gasteiger partial charge < -0.3 is 16.8 Å². The van der Waals surface area contributed by atoms with Crippen LogP contribution in [0.25, 0.3) is 5.70 Å². The SMILES string of the molecule is N#CCC1(n2cc(C(N)=O)c(NC(=O)C3CC3)n2)CCN(Cc2ccc(C(N)=CC=NCC(F)(F)F)c(F)c2)CC1. The molecule has 10 nitrogen and oxygen atoms in total. The van der Waals surface area contributed by atoms with Crippen LogP contribution in [0.1, 0.15) is 53.6 Å². The van der Waals surface area contributed by atoms with E-state index < -0.39 is 30.0 Å². The van der Waals surface area contributed by atoms with Gasteiger partial charge in [0.15, 0.2) is 5.82 Å². The van der Waals surface area contributed by atoms with Crippen molar-refractivity contribution in [3.63, 3.8) is 0 Å². The lowest BCUT2D eigenvalue weighted by molar-refractivity contribution is -0.118. The van der Waals surface area contributed by atoms with Gasteiger partial charge in [-0.1, -0.05) is 6.07 Å². The molecule has 4 rings (SSSR count). The number of piperidine rings is 1. The van der Waals surface area contributed by atoms with Crippen LogP contribution < -0.4 is 16.8 Å². The molecule has 1 saturated heterocycles. The molecule has 1 aromatic carbocycles. The van der Waals surface area contributed by atoms with Crippen LogP contribution in [-0.2, 0) is 16.9 Å². The smallest absolute Gasteiger partial charge is 0.398 e. The van der Waals surface area contributed by atoms with Crippen molar-refractivity contribution in [3.8, 4) is 6.07 Å². The van der Waals surface area contributed by atoms with Crippen molar-refractivity contribution in [2.75, 3.05) is 25.0 Å². The number of nitrogens with zero attached hydrogens (tertiary/aromatic N) is 5. The number of nitrogens with two attached hydrogens (primary N) is 2. The van der Waals surface area contributed by atoms with Crippen molar-refractivity contribution in [1.29, 1.82) is 5.26 Å². The van der Waals surface area contributed by atoms with E-state index >= 15 is 0 Å². The third-order valence-electron chi connectivity index (χ3n) is 7.23. The number of nitrogens with one attached hydrogen (secondary N) is 1. The van der Waals surface area contributed by atoms with E-state index in [0.29, 0.717) is 38.0 Å². The minimum atomic E-state index is -4.43. The highest BCUT2D eigenvalue weighted by molar-refractivity contribution is 6.02. The number of allylic oxidation sites excluding steroid dienone is 1. The molecule has 0 spiro atoms. The predicted octanol–water partition coefficient (Wildman–Crippen LogP) is 3.31. The number of aliphatic imine (C=N–C) groups is 1. The first-order valence-corrected chi connectivity index (χ1v) is 13.0. The summed E-state index contributed by atoms with van der Waals surface area (Å²) in [6, 6.07) is 6.67. The molecule has 0 atom stereocenters. The summed E-state index contributed by atoms with van der Waals surface area (Å²) in [5, 5.41) is 16.7. The lowest BCUT2D eigenvalue weighted by Gasteiger charge is -2.40. The van der Waals surface area contributed by atoms with Gasteiger partial charge in [0, 0.05) is 49.2 Å². The van der Waals surface area contributed by atoms with E-state index in [1.807, 2.05) is 0 Å². The molecule has 2 amide bonds. The van der Waals surface area contributed by atoms with Crippen molar-refractivity contribution in [3.05, 3.63) is 53.0 Å².